The molecule has 1 rings (SSSR count). The average molecular weight is 256 g/mol. The van der Waals surface area contributed by atoms with Gasteiger partial charge in [0.15, 0.2) is 0 Å². The molecule has 2 atom stereocenters. The van der Waals surface area contributed by atoms with E-state index in [9.17, 15) is 0 Å². The van der Waals surface area contributed by atoms with Gasteiger partial charge in [-0.05, 0) is 38.2 Å². The van der Waals surface area contributed by atoms with E-state index in [1.54, 1.807) is 0 Å². The molecule has 0 saturated carbocycles. The Morgan fingerprint density at radius 3 is 2.58 bits per heavy atom. The molecule has 1 aromatic rings. The summed E-state index contributed by atoms with van der Waals surface area (Å²) in [5.74, 6) is 0.339. The molecule has 19 heavy (non-hydrogen) atoms. The van der Waals surface area contributed by atoms with Crippen LogP contribution in [0.3, 0.4) is 0 Å². The molecule has 1 aromatic carbocycles. The highest BCUT2D eigenvalue weighted by Gasteiger charge is 2.11. The molecule has 1 N–H and O–H groups in total. The zero-order valence-corrected chi connectivity index (χ0v) is 12.0. The Morgan fingerprint density at radius 1 is 1.32 bits per heavy atom. The maximum atomic E-state index is 8.80. The third-order valence-corrected chi connectivity index (χ3v) is 3.48. The van der Waals surface area contributed by atoms with Crippen LogP contribution in [-0.4, -0.2) is 6.04 Å². The van der Waals surface area contributed by atoms with E-state index >= 15 is 0 Å². The van der Waals surface area contributed by atoms with Crippen molar-refractivity contribution in [3.05, 3.63) is 48.0 Å². The number of nitrogens with one attached hydrogen (secondary N) is 1. The molecule has 0 aromatic heterocycles. The molecule has 0 spiro atoms. The number of benzene rings is 1. The van der Waals surface area contributed by atoms with E-state index in [-0.39, 0.29) is 0 Å². The number of nitriles is 1. The van der Waals surface area contributed by atoms with E-state index < -0.39 is 0 Å². The second kappa shape index (κ2) is 8.50. The maximum absolute atomic E-state index is 8.80. The first-order chi connectivity index (χ1) is 9.13. The van der Waals surface area contributed by atoms with Crippen molar-refractivity contribution < 1.29 is 0 Å². The summed E-state index contributed by atoms with van der Waals surface area (Å²) < 4.78 is 0. The Morgan fingerprint density at radius 2 is 2.00 bits per heavy atom. The first-order valence-corrected chi connectivity index (χ1v) is 6.93. The van der Waals surface area contributed by atoms with Gasteiger partial charge in [0, 0.05) is 19.0 Å². The predicted octanol–water partition coefficient (Wildman–Crippen LogP) is 4.05. The molecular weight excluding hydrogens is 232 g/mol. The standard InChI is InChI=1S/C17H24N2/c1-14(2)17(11-12-18)10-9-15(3)19-13-16-7-5-4-6-8-16/h4-8,15,17,19H,1,9-11,13H2,2-3H3. The fraction of sp³-hybridized carbons (Fsp3) is 0.471. The highest BCUT2D eigenvalue weighted by atomic mass is 14.9. The molecule has 0 aliphatic rings. The number of hydrogen-bond acceptors (Lipinski definition) is 2. The highest BCUT2D eigenvalue weighted by molar-refractivity contribution is 5.14. The third kappa shape index (κ3) is 6.22. The Balaban J connectivity index is 2.29. The lowest BCUT2D eigenvalue weighted by molar-refractivity contribution is 0.448. The van der Waals surface area contributed by atoms with Crippen molar-refractivity contribution in [2.24, 2.45) is 5.92 Å². The Labute approximate surface area is 117 Å². The molecule has 102 valence electrons. The van der Waals surface area contributed by atoms with Crippen LogP contribution >= 0.6 is 0 Å². The van der Waals surface area contributed by atoms with Crippen LogP contribution < -0.4 is 5.32 Å². The summed E-state index contributed by atoms with van der Waals surface area (Å²) in [7, 11) is 0. The van der Waals surface area contributed by atoms with Gasteiger partial charge in [0.25, 0.3) is 0 Å². The molecule has 0 bridgehead atoms. The van der Waals surface area contributed by atoms with Gasteiger partial charge in [-0.2, -0.15) is 5.26 Å². The summed E-state index contributed by atoms with van der Waals surface area (Å²) in [5, 5.41) is 12.3. The average Bonchev–Trinajstić information content (AvgIpc) is 2.42. The number of hydrogen-bond donors (Lipinski definition) is 1. The molecule has 0 amide bonds. The van der Waals surface area contributed by atoms with Gasteiger partial charge in [0.05, 0.1) is 6.07 Å². The fourth-order valence-electron chi connectivity index (χ4n) is 2.07. The lowest BCUT2D eigenvalue weighted by atomic mass is 9.92. The van der Waals surface area contributed by atoms with Crippen molar-refractivity contribution in [3.8, 4) is 6.07 Å². The minimum atomic E-state index is 0.339. The van der Waals surface area contributed by atoms with Gasteiger partial charge in [-0.25, -0.2) is 0 Å². The van der Waals surface area contributed by atoms with Crippen LogP contribution in [0, 0.1) is 17.2 Å². The normalized spacial score (nSPS) is 13.5. The minimum Gasteiger partial charge on any atom is -0.310 e. The van der Waals surface area contributed by atoms with Gasteiger partial charge in [0.2, 0.25) is 0 Å². The zero-order chi connectivity index (χ0) is 14.1. The molecule has 0 heterocycles. The van der Waals surface area contributed by atoms with Crippen molar-refractivity contribution in [2.75, 3.05) is 0 Å². The smallest absolute Gasteiger partial charge is 0.0628 e. The number of nitrogens with zero attached hydrogens (tertiary/aromatic N) is 1. The number of rotatable bonds is 8. The molecule has 2 unspecified atom stereocenters. The van der Waals surface area contributed by atoms with Crippen LogP contribution in [0.15, 0.2) is 42.5 Å². The summed E-state index contributed by atoms with van der Waals surface area (Å²) in [5.41, 5.74) is 2.43. The molecule has 0 fully saturated rings. The van der Waals surface area contributed by atoms with Crippen LogP contribution in [0.25, 0.3) is 0 Å². The van der Waals surface area contributed by atoms with Gasteiger partial charge in [0.1, 0.15) is 0 Å². The van der Waals surface area contributed by atoms with Crippen LogP contribution in [0.5, 0.6) is 0 Å². The number of allylic oxidation sites excluding steroid dienone is 1. The molecular formula is C17H24N2. The molecule has 2 nitrogen and oxygen atoms in total. The van der Waals surface area contributed by atoms with Gasteiger partial charge < -0.3 is 5.32 Å². The van der Waals surface area contributed by atoms with Gasteiger partial charge in [-0.3, -0.25) is 0 Å². The summed E-state index contributed by atoms with van der Waals surface area (Å²) >= 11 is 0. The molecule has 0 saturated heterocycles. The van der Waals surface area contributed by atoms with Crippen LogP contribution in [0.4, 0.5) is 0 Å². The monoisotopic (exact) mass is 256 g/mol. The lowest BCUT2D eigenvalue weighted by Crippen LogP contribution is -2.26. The van der Waals surface area contributed by atoms with Crippen molar-refractivity contribution in [1.82, 2.24) is 5.32 Å². The summed E-state index contributed by atoms with van der Waals surface area (Å²) in [6.07, 6.45) is 2.69. The van der Waals surface area contributed by atoms with Crippen LogP contribution in [-0.2, 0) is 6.54 Å². The molecule has 2 heteroatoms. The quantitative estimate of drug-likeness (QED) is 0.712. The lowest BCUT2D eigenvalue weighted by Gasteiger charge is -2.18. The largest absolute Gasteiger partial charge is 0.310 e. The van der Waals surface area contributed by atoms with Gasteiger partial charge in [-0.1, -0.05) is 42.5 Å². The SMILES string of the molecule is C=C(C)C(CC#N)CCC(C)NCc1ccccc1. The molecule has 0 radical (unpaired) electrons. The summed E-state index contributed by atoms with van der Waals surface area (Å²) in [6, 6.07) is 13.1. The highest BCUT2D eigenvalue weighted by Crippen LogP contribution is 2.19. The second-order valence-electron chi connectivity index (χ2n) is 5.25. The van der Waals surface area contributed by atoms with E-state index in [4.69, 9.17) is 5.26 Å². The third-order valence-electron chi connectivity index (χ3n) is 3.48. The minimum absolute atomic E-state index is 0.339. The Kier molecular flexibility index (Phi) is 6.92. The fourth-order valence-corrected chi connectivity index (χ4v) is 2.07. The van der Waals surface area contributed by atoms with Crippen molar-refractivity contribution in [3.63, 3.8) is 0 Å². The maximum Gasteiger partial charge on any atom is 0.0628 e. The van der Waals surface area contributed by atoms with Crippen molar-refractivity contribution >= 4 is 0 Å². The van der Waals surface area contributed by atoms with Gasteiger partial charge >= 0.3 is 0 Å². The van der Waals surface area contributed by atoms with Crippen molar-refractivity contribution in [1.29, 1.82) is 5.26 Å². The van der Waals surface area contributed by atoms with Crippen molar-refractivity contribution in [2.45, 2.75) is 45.7 Å². The zero-order valence-electron chi connectivity index (χ0n) is 12.0. The Bertz CT molecular complexity index is 417. The molecule has 0 aliphatic heterocycles. The summed E-state index contributed by atoms with van der Waals surface area (Å²) in [6.45, 7) is 9.09. The van der Waals surface area contributed by atoms with E-state index in [0.29, 0.717) is 18.4 Å². The van der Waals surface area contributed by atoms with Crippen LogP contribution in [0.1, 0.15) is 38.7 Å². The summed E-state index contributed by atoms with van der Waals surface area (Å²) in [4.78, 5) is 0. The van der Waals surface area contributed by atoms with E-state index in [0.717, 1.165) is 25.0 Å². The van der Waals surface area contributed by atoms with E-state index in [2.05, 4.69) is 49.2 Å². The second-order valence-corrected chi connectivity index (χ2v) is 5.25. The van der Waals surface area contributed by atoms with Crippen LogP contribution in [0.2, 0.25) is 0 Å². The first-order valence-electron chi connectivity index (χ1n) is 6.93. The predicted molar refractivity (Wildman–Crippen MR) is 80.5 cm³/mol. The Hall–Kier alpha value is -1.59. The van der Waals surface area contributed by atoms with Gasteiger partial charge in [-0.15, -0.1) is 0 Å². The topological polar surface area (TPSA) is 35.8 Å². The van der Waals surface area contributed by atoms with E-state index in [1.807, 2.05) is 13.0 Å². The molecule has 0 aliphatic carbocycles. The first kappa shape index (κ1) is 15.5. The van der Waals surface area contributed by atoms with E-state index in [1.165, 1.54) is 5.56 Å².